The molecule has 1 aliphatic rings. The van der Waals surface area contributed by atoms with Crippen LogP contribution in [0, 0.1) is 0 Å². The lowest BCUT2D eigenvalue weighted by Gasteiger charge is -1.87. The van der Waals surface area contributed by atoms with Crippen molar-refractivity contribution in [2.24, 2.45) is 0 Å². The minimum atomic E-state index is 1.20. The third kappa shape index (κ3) is 1.87. The fourth-order valence-corrected chi connectivity index (χ4v) is 1.02. The van der Waals surface area contributed by atoms with E-state index in [4.69, 9.17) is 0 Å². The summed E-state index contributed by atoms with van der Waals surface area (Å²) in [6, 6.07) is 0. The Morgan fingerprint density at radius 1 is 1.40 bits per heavy atom. The molecule has 0 bridgehead atoms. The van der Waals surface area contributed by atoms with E-state index >= 15 is 0 Å². The summed E-state index contributed by atoms with van der Waals surface area (Å²) in [6.45, 7) is 4.33. The summed E-state index contributed by atoms with van der Waals surface area (Å²) >= 11 is 0. The highest BCUT2D eigenvalue weighted by atomic mass is 14.0. The lowest BCUT2D eigenvalue weighted by Crippen LogP contribution is -1.67. The second-order valence-electron chi connectivity index (χ2n) is 2.71. The van der Waals surface area contributed by atoms with Crippen LogP contribution in [0.15, 0.2) is 35.5 Å². The van der Waals surface area contributed by atoms with Gasteiger partial charge in [-0.05, 0) is 18.9 Å². The Morgan fingerprint density at radius 2 is 2.20 bits per heavy atom. The SMILES string of the molecule is CCCC=C1C=CC(C)=C1. The number of hydrogen-bond acceptors (Lipinski definition) is 0. The maximum atomic E-state index is 2.28. The van der Waals surface area contributed by atoms with Gasteiger partial charge in [0, 0.05) is 0 Å². The molecule has 0 saturated heterocycles. The van der Waals surface area contributed by atoms with Gasteiger partial charge >= 0.3 is 0 Å². The van der Waals surface area contributed by atoms with E-state index in [2.05, 4.69) is 38.2 Å². The molecular weight excluding hydrogens is 120 g/mol. The lowest BCUT2D eigenvalue weighted by molar-refractivity contribution is 0.955. The van der Waals surface area contributed by atoms with Crippen LogP contribution in [-0.4, -0.2) is 0 Å². The molecule has 54 valence electrons. The molecule has 10 heavy (non-hydrogen) atoms. The molecule has 0 atom stereocenters. The third-order valence-corrected chi connectivity index (χ3v) is 1.60. The van der Waals surface area contributed by atoms with Crippen molar-refractivity contribution in [1.82, 2.24) is 0 Å². The van der Waals surface area contributed by atoms with Crippen LogP contribution >= 0.6 is 0 Å². The first kappa shape index (κ1) is 7.33. The van der Waals surface area contributed by atoms with Gasteiger partial charge in [0.05, 0.1) is 0 Å². The first-order valence-electron chi connectivity index (χ1n) is 3.89. The van der Waals surface area contributed by atoms with Crippen molar-refractivity contribution in [1.29, 1.82) is 0 Å². The molecule has 0 aromatic carbocycles. The van der Waals surface area contributed by atoms with Gasteiger partial charge in [-0.15, -0.1) is 0 Å². The monoisotopic (exact) mass is 134 g/mol. The van der Waals surface area contributed by atoms with Crippen LogP contribution in [0.3, 0.4) is 0 Å². The first-order chi connectivity index (χ1) is 4.83. The topological polar surface area (TPSA) is 0 Å². The number of allylic oxidation sites excluding steroid dienone is 6. The van der Waals surface area contributed by atoms with Crippen molar-refractivity contribution in [3.63, 3.8) is 0 Å². The zero-order valence-corrected chi connectivity index (χ0v) is 6.72. The first-order valence-corrected chi connectivity index (χ1v) is 3.89. The van der Waals surface area contributed by atoms with E-state index in [1.165, 1.54) is 24.0 Å². The van der Waals surface area contributed by atoms with Gasteiger partial charge in [0.25, 0.3) is 0 Å². The molecule has 0 heteroatoms. The largest absolute Gasteiger partial charge is 0.0773 e. The molecule has 0 unspecified atom stereocenters. The zero-order valence-electron chi connectivity index (χ0n) is 6.72. The minimum absolute atomic E-state index is 1.20. The molecule has 0 spiro atoms. The predicted molar refractivity (Wildman–Crippen MR) is 45.9 cm³/mol. The third-order valence-electron chi connectivity index (χ3n) is 1.60. The van der Waals surface area contributed by atoms with Crippen molar-refractivity contribution in [2.45, 2.75) is 26.7 Å². The van der Waals surface area contributed by atoms with Crippen LogP contribution in [-0.2, 0) is 0 Å². The molecule has 0 radical (unpaired) electrons. The average Bonchev–Trinajstić information content (AvgIpc) is 2.31. The fraction of sp³-hybridized carbons (Fsp3) is 0.400. The fourth-order valence-electron chi connectivity index (χ4n) is 1.02. The second kappa shape index (κ2) is 3.40. The highest BCUT2D eigenvalue weighted by molar-refractivity contribution is 5.44. The van der Waals surface area contributed by atoms with Gasteiger partial charge < -0.3 is 0 Å². The van der Waals surface area contributed by atoms with E-state index in [0.717, 1.165) is 0 Å². The van der Waals surface area contributed by atoms with Crippen molar-refractivity contribution in [2.75, 3.05) is 0 Å². The molecule has 0 aliphatic heterocycles. The maximum absolute atomic E-state index is 2.28. The highest BCUT2D eigenvalue weighted by Crippen LogP contribution is 2.14. The summed E-state index contributed by atoms with van der Waals surface area (Å²) < 4.78 is 0. The molecular formula is C10H14. The highest BCUT2D eigenvalue weighted by Gasteiger charge is 1.94. The summed E-state index contributed by atoms with van der Waals surface area (Å²) in [4.78, 5) is 0. The molecule has 0 amide bonds. The van der Waals surface area contributed by atoms with Gasteiger partial charge in [-0.2, -0.15) is 0 Å². The Hall–Kier alpha value is -0.780. The number of hydrogen-bond donors (Lipinski definition) is 0. The van der Waals surface area contributed by atoms with Gasteiger partial charge in [-0.1, -0.05) is 43.2 Å². The van der Waals surface area contributed by atoms with E-state index in [9.17, 15) is 0 Å². The molecule has 0 saturated carbocycles. The second-order valence-corrected chi connectivity index (χ2v) is 2.71. The van der Waals surface area contributed by atoms with Gasteiger partial charge in [0.15, 0.2) is 0 Å². The Morgan fingerprint density at radius 3 is 2.70 bits per heavy atom. The summed E-state index contributed by atoms with van der Waals surface area (Å²) in [7, 11) is 0. The van der Waals surface area contributed by atoms with Crippen molar-refractivity contribution in [3.05, 3.63) is 35.5 Å². The van der Waals surface area contributed by atoms with Crippen LogP contribution < -0.4 is 0 Å². The Labute approximate surface area is 62.9 Å². The molecule has 0 fully saturated rings. The minimum Gasteiger partial charge on any atom is -0.0773 e. The maximum Gasteiger partial charge on any atom is -0.0294 e. The Kier molecular flexibility index (Phi) is 2.49. The van der Waals surface area contributed by atoms with E-state index in [0.29, 0.717) is 0 Å². The van der Waals surface area contributed by atoms with Crippen LogP contribution in [0.4, 0.5) is 0 Å². The molecule has 0 aromatic rings. The summed E-state index contributed by atoms with van der Waals surface area (Å²) in [5.41, 5.74) is 2.74. The van der Waals surface area contributed by atoms with E-state index in [1.54, 1.807) is 0 Å². The van der Waals surface area contributed by atoms with Crippen LogP contribution in [0.5, 0.6) is 0 Å². The molecule has 0 N–H and O–H groups in total. The van der Waals surface area contributed by atoms with Crippen molar-refractivity contribution >= 4 is 0 Å². The molecule has 1 aliphatic carbocycles. The normalized spacial score (nSPS) is 20.2. The van der Waals surface area contributed by atoms with E-state index in [-0.39, 0.29) is 0 Å². The van der Waals surface area contributed by atoms with Gasteiger partial charge in [0.1, 0.15) is 0 Å². The quantitative estimate of drug-likeness (QED) is 0.544. The van der Waals surface area contributed by atoms with Crippen molar-refractivity contribution < 1.29 is 0 Å². The van der Waals surface area contributed by atoms with Gasteiger partial charge in [0.2, 0.25) is 0 Å². The van der Waals surface area contributed by atoms with Crippen LogP contribution in [0.1, 0.15) is 26.7 Å². The molecule has 0 heterocycles. The smallest absolute Gasteiger partial charge is 0.0294 e. The molecule has 0 nitrogen and oxygen atoms in total. The van der Waals surface area contributed by atoms with E-state index in [1.807, 2.05) is 0 Å². The molecule has 1 rings (SSSR count). The summed E-state index contributed by atoms with van der Waals surface area (Å²) in [6.07, 6.45) is 11.3. The Bertz CT molecular complexity index is 192. The predicted octanol–water partition coefficient (Wildman–Crippen LogP) is 3.23. The van der Waals surface area contributed by atoms with Gasteiger partial charge in [-0.3, -0.25) is 0 Å². The number of rotatable bonds is 2. The zero-order chi connectivity index (χ0) is 7.40. The lowest BCUT2D eigenvalue weighted by atomic mass is 10.2. The van der Waals surface area contributed by atoms with Crippen LogP contribution in [0.2, 0.25) is 0 Å². The summed E-state index contributed by atoms with van der Waals surface area (Å²) in [5, 5.41) is 0. The Balaban J connectivity index is 2.53. The standard InChI is InChI=1S/C10H14/c1-3-4-5-10-7-6-9(2)8-10/h5-8H,3-4H2,1-2H3. The van der Waals surface area contributed by atoms with Crippen molar-refractivity contribution in [3.8, 4) is 0 Å². The van der Waals surface area contributed by atoms with E-state index < -0.39 is 0 Å². The number of unbranched alkanes of at least 4 members (excludes halogenated alkanes) is 1. The average molecular weight is 134 g/mol. The summed E-state index contributed by atoms with van der Waals surface area (Å²) in [5.74, 6) is 0. The van der Waals surface area contributed by atoms with Crippen LogP contribution in [0.25, 0.3) is 0 Å². The molecule has 0 aromatic heterocycles. The van der Waals surface area contributed by atoms with Gasteiger partial charge in [-0.25, -0.2) is 0 Å².